The van der Waals surface area contributed by atoms with E-state index in [-0.39, 0.29) is 6.04 Å². The number of aliphatic hydroxyl groups is 1. The van der Waals surface area contributed by atoms with Crippen LogP contribution in [0.2, 0.25) is 0 Å². The molecule has 0 aliphatic carbocycles. The molecule has 0 aliphatic heterocycles. The second-order valence-electron chi connectivity index (χ2n) is 5.26. The lowest BCUT2D eigenvalue weighted by Gasteiger charge is -2.13. The number of nitrogens with zero attached hydrogens (tertiary/aromatic N) is 2. The van der Waals surface area contributed by atoms with Crippen molar-refractivity contribution in [1.29, 1.82) is 0 Å². The molecule has 0 spiro atoms. The summed E-state index contributed by atoms with van der Waals surface area (Å²) in [5, 5.41) is 24.0. The zero-order valence-electron chi connectivity index (χ0n) is 12.4. The van der Waals surface area contributed by atoms with Gasteiger partial charge in [-0.1, -0.05) is 6.07 Å². The SMILES string of the molecule is Cc1c([C@H](O)[C@H](C)N)sc2c(NCc3cccs3)cnnc12. The number of anilines is 1. The Balaban J connectivity index is 1.96. The minimum Gasteiger partial charge on any atom is -0.386 e. The number of thiophene rings is 2. The van der Waals surface area contributed by atoms with Gasteiger partial charge in [-0.2, -0.15) is 5.10 Å². The van der Waals surface area contributed by atoms with E-state index in [9.17, 15) is 5.11 Å². The summed E-state index contributed by atoms with van der Waals surface area (Å²) in [6.45, 7) is 4.51. The van der Waals surface area contributed by atoms with Gasteiger partial charge in [-0.15, -0.1) is 27.8 Å². The first-order valence-electron chi connectivity index (χ1n) is 7.02. The summed E-state index contributed by atoms with van der Waals surface area (Å²) in [6.07, 6.45) is 1.05. The molecule has 0 radical (unpaired) electrons. The molecule has 0 aliphatic rings. The normalized spacial score (nSPS) is 14.2. The Kier molecular flexibility index (Phi) is 4.39. The third-order valence-electron chi connectivity index (χ3n) is 3.54. The predicted octanol–water partition coefficient (Wildman–Crippen LogP) is 3.05. The molecule has 0 aromatic carbocycles. The molecular weight excluding hydrogens is 316 g/mol. The van der Waals surface area contributed by atoms with Crippen molar-refractivity contribution in [3.8, 4) is 0 Å². The highest BCUT2D eigenvalue weighted by atomic mass is 32.1. The molecule has 2 atom stereocenters. The van der Waals surface area contributed by atoms with Crippen LogP contribution in [0, 0.1) is 6.92 Å². The first-order chi connectivity index (χ1) is 10.6. The molecule has 0 saturated heterocycles. The summed E-state index contributed by atoms with van der Waals surface area (Å²) in [5.74, 6) is 0. The number of hydrogen-bond acceptors (Lipinski definition) is 7. The zero-order valence-corrected chi connectivity index (χ0v) is 14.0. The summed E-state index contributed by atoms with van der Waals surface area (Å²) < 4.78 is 1.01. The van der Waals surface area contributed by atoms with Crippen LogP contribution in [0.4, 0.5) is 5.69 Å². The minimum atomic E-state index is -0.677. The molecule has 3 heterocycles. The first kappa shape index (κ1) is 15.4. The van der Waals surface area contributed by atoms with Crippen molar-refractivity contribution in [1.82, 2.24) is 10.2 Å². The lowest BCUT2D eigenvalue weighted by molar-refractivity contribution is 0.156. The van der Waals surface area contributed by atoms with Crippen LogP contribution in [0.15, 0.2) is 23.7 Å². The van der Waals surface area contributed by atoms with Crippen molar-refractivity contribution in [2.75, 3.05) is 5.32 Å². The maximum Gasteiger partial charge on any atom is 0.109 e. The van der Waals surface area contributed by atoms with E-state index in [4.69, 9.17) is 5.73 Å². The van der Waals surface area contributed by atoms with Crippen molar-refractivity contribution in [2.45, 2.75) is 32.5 Å². The van der Waals surface area contributed by atoms with Gasteiger partial charge in [0.25, 0.3) is 0 Å². The molecular formula is C15H18N4OS2. The summed E-state index contributed by atoms with van der Waals surface area (Å²) in [4.78, 5) is 2.12. The molecule has 3 aromatic heterocycles. The average molecular weight is 334 g/mol. The second kappa shape index (κ2) is 6.29. The lowest BCUT2D eigenvalue weighted by atomic mass is 10.1. The summed E-state index contributed by atoms with van der Waals surface area (Å²) in [7, 11) is 0. The molecule has 4 N–H and O–H groups in total. The van der Waals surface area contributed by atoms with E-state index in [0.717, 1.165) is 32.9 Å². The molecule has 0 bridgehead atoms. The highest BCUT2D eigenvalue weighted by molar-refractivity contribution is 7.20. The van der Waals surface area contributed by atoms with E-state index in [2.05, 4.69) is 27.0 Å². The van der Waals surface area contributed by atoms with E-state index in [0.29, 0.717) is 0 Å². The lowest BCUT2D eigenvalue weighted by Crippen LogP contribution is -2.24. The van der Waals surface area contributed by atoms with Crippen LogP contribution >= 0.6 is 22.7 Å². The van der Waals surface area contributed by atoms with E-state index < -0.39 is 6.10 Å². The van der Waals surface area contributed by atoms with Crippen molar-refractivity contribution >= 4 is 38.6 Å². The van der Waals surface area contributed by atoms with Gasteiger partial charge in [-0.25, -0.2) is 0 Å². The van der Waals surface area contributed by atoms with Crippen molar-refractivity contribution in [3.05, 3.63) is 39.0 Å². The molecule has 5 nitrogen and oxygen atoms in total. The van der Waals surface area contributed by atoms with Gasteiger partial charge in [0.05, 0.1) is 16.6 Å². The number of nitrogens with two attached hydrogens (primary N) is 1. The van der Waals surface area contributed by atoms with Crippen LogP contribution in [0.5, 0.6) is 0 Å². The molecule has 116 valence electrons. The molecule has 0 saturated carbocycles. The van der Waals surface area contributed by atoms with Crippen molar-refractivity contribution in [2.24, 2.45) is 5.73 Å². The van der Waals surface area contributed by atoms with E-state index in [1.54, 1.807) is 24.5 Å². The number of hydrogen-bond donors (Lipinski definition) is 3. The Morgan fingerprint density at radius 1 is 1.45 bits per heavy atom. The topological polar surface area (TPSA) is 84.1 Å². The number of aromatic nitrogens is 2. The van der Waals surface area contributed by atoms with Gasteiger partial charge in [0.2, 0.25) is 0 Å². The Hall–Kier alpha value is -1.54. The van der Waals surface area contributed by atoms with Crippen molar-refractivity contribution < 1.29 is 5.11 Å². The quantitative estimate of drug-likeness (QED) is 0.668. The van der Waals surface area contributed by atoms with Crippen molar-refractivity contribution in [3.63, 3.8) is 0 Å². The maximum absolute atomic E-state index is 10.3. The third-order valence-corrected chi connectivity index (χ3v) is 5.80. The first-order valence-corrected chi connectivity index (χ1v) is 8.72. The molecule has 22 heavy (non-hydrogen) atoms. The zero-order chi connectivity index (χ0) is 15.7. The summed E-state index contributed by atoms with van der Waals surface area (Å²) >= 11 is 3.25. The molecule has 7 heteroatoms. The summed E-state index contributed by atoms with van der Waals surface area (Å²) in [6, 6.07) is 3.81. The van der Waals surface area contributed by atoms with Crippen LogP contribution in [0.3, 0.4) is 0 Å². The maximum atomic E-state index is 10.3. The fourth-order valence-electron chi connectivity index (χ4n) is 2.27. The number of aryl methyl sites for hydroxylation is 1. The number of aliphatic hydroxyl groups excluding tert-OH is 1. The van der Waals surface area contributed by atoms with Crippen LogP contribution in [-0.2, 0) is 6.54 Å². The molecule has 0 amide bonds. The second-order valence-corrected chi connectivity index (χ2v) is 7.35. The van der Waals surface area contributed by atoms with Crippen LogP contribution in [0.1, 0.15) is 28.3 Å². The van der Waals surface area contributed by atoms with Gasteiger partial charge in [0.15, 0.2) is 0 Å². The van der Waals surface area contributed by atoms with E-state index in [1.807, 2.05) is 13.0 Å². The van der Waals surface area contributed by atoms with E-state index >= 15 is 0 Å². The van der Waals surface area contributed by atoms with Crippen LogP contribution < -0.4 is 11.1 Å². The predicted molar refractivity (Wildman–Crippen MR) is 92.4 cm³/mol. The molecule has 3 rings (SSSR count). The minimum absolute atomic E-state index is 0.317. The van der Waals surface area contributed by atoms with Gasteiger partial charge >= 0.3 is 0 Å². The fraction of sp³-hybridized carbons (Fsp3) is 0.333. The molecule has 0 fully saturated rings. The van der Waals surface area contributed by atoms with Crippen LogP contribution in [0.25, 0.3) is 10.2 Å². The molecule has 0 unspecified atom stereocenters. The third kappa shape index (κ3) is 2.85. The van der Waals surface area contributed by atoms with Gasteiger partial charge in [-0.05, 0) is 30.9 Å². The molecule has 3 aromatic rings. The monoisotopic (exact) mass is 334 g/mol. The number of rotatable bonds is 5. The fourth-order valence-corrected chi connectivity index (χ4v) is 4.25. The van der Waals surface area contributed by atoms with Gasteiger partial charge < -0.3 is 16.2 Å². The number of fused-ring (bicyclic) bond motifs is 1. The average Bonchev–Trinajstić information content (AvgIpc) is 3.13. The largest absolute Gasteiger partial charge is 0.386 e. The standard InChI is InChI=1S/C15H18N4OS2/c1-8-12-15(22-14(8)13(20)9(2)16)11(7-18-19-12)17-6-10-4-3-5-21-10/h3-5,7,9,13,20H,6,16H2,1-2H3,(H,17,19)/t9-,13+/m0/s1. The van der Waals surface area contributed by atoms with E-state index in [1.165, 1.54) is 16.2 Å². The Morgan fingerprint density at radius 2 is 2.27 bits per heavy atom. The Morgan fingerprint density at radius 3 is 2.95 bits per heavy atom. The Labute approximate surface area is 136 Å². The highest BCUT2D eigenvalue weighted by Gasteiger charge is 2.21. The number of nitrogens with one attached hydrogen (secondary N) is 1. The summed E-state index contributed by atoms with van der Waals surface area (Å²) in [5.41, 5.74) is 8.55. The van der Waals surface area contributed by atoms with Gasteiger partial charge in [0.1, 0.15) is 11.6 Å². The highest BCUT2D eigenvalue weighted by Crippen LogP contribution is 2.38. The van der Waals surface area contributed by atoms with Gasteiger partial charge in [-0.3, -0.25) is 0 Å². The van der Waals surface area contributed by atoms with Crippen LogP contribution in [-0.4, -0.2) is 21.3 Å². The smallest absolute Gasteiger partial charge is 0.109 e. The Bertz CT molecular complexity index is 767. The van der Waals surface area contributed by atoms with Gasteiger partial charge in [0, 0.05) is 22.3 Å².